The first-order valence-corrected chi connectivity index (χ1v) is 8.77. The fourth-order valence-electron chi connectivity index (χ4n) is 2.68. The Morgan fingerprint density at radius 2 is 1.96 bits per heavy atom. The number of morpholine rings is 1. The van der Waals surface area contributed by atoms with Crippen molar-refractivity contribution in [3.05, 3.63) is 42.0 Å². The zero-order valence-corrected chi connectivity index (χ0v) is 14.9. The first kappa shape index (κ1) is 17.5. The molecule has 0 bridgehead atoms. The summed E-state index contributed by atoms with van der Waals surface area (Å²) in [6.07, 6.45) is 0.906. The number of hydrogen-bond donors (Lipinski definition) is 1. The standard InChI is InChI=1S/C19H25N5O/c1-3-15(2)20-21-18-13-17(14-24-9-11-25-12-10-24)19(23-22-18)16-7-5-4-6-8-16/h4-8,13H,3,9-12,14H2,1-2H3,(H,21,22)/b20-15+. The van der Waals surface area contributed by atoms with E-state index >= 15 is 0 Å². The van der Waals surface area contributed by atoms with E-state index in [1.165, 1.54) is 0 Å². The quantitative estimate of drug-likeness (QED) is 0.647. The summed E-state index contributed by atoms with van der Waals surface area (Å²) in [6.45, 7) is 8.34. The number of benzene rings is 1. The van der Waals surface area contributed by atoms with Gasteiger partial charge in [0.1, 0.15) is 0 Å². The van der Waals surface area contributed by atoms with Gasteiger partial charge in [0, 0.05) is 30.9 Å². The van der Waals surface area contributed by atoms with Crippen LogP contribution in [0.15, 0.2) is 41.5 Å². The predicted molar refractivity (Wildman–Crippen MR) is 101 cm³/mol. The summed E-state index contributed by atoms with van der Waals surface area (Å²) >= 11 is 0. The zero-order chi connectivity index (χ0) is 17.5. The minimum absolute atomic E-state index is 0.677. The van der Waals surface area contributed by atoms with Crippen molar-refractivity contribution in [2.45, 2.75) is 26.8 Å². The van der Waals surface area contributed by atoms with Gasteiger partial charge in [-0.2, -0.15) is 5.10 Å². The second-order valence-corrected chi connectivity index (χ2v) is 6.17. The molecule has 0 atom stereocenters. The Bertz CT molecular complexity index is 711. The maximum absolute atomic E-state index is 5.45. The van der Waals surface area contributed by atoms with Crippen LogP contribution in [0.3, 0.4) is 0 Å². The Balaban J connectivity index is 1.88. The molecular formula is C19H25N5O. The minimum atomic E-state index is 0.677. The van der Waals surface area contributed by atoms with Gasteiger partial charge in [0.15, 0.2) is 5.82 Å². The van der Waals surface area contributed by atoms with Crippen LogP contribution < -0.4 is 5.43 Å². The molecule has 3 rings (SSSR count). The van der Waals surface area contributed by atoms with Crippen molar-refractivity contribution in [2.24, 2.45) is 5.10 Å². The highest BCUT2D eigenvalue weighted by Crippen LogP contribution is 2.24. The van der Waals surface area contributed by atoms with Gasteiger partial charge in [-0.05, 0) is 25.0 Å². The van der Waals surface area contributed by atoms with Crippen LogP contribution in [-0.2, 0) is 11.3 Å². The van der Waals surface area contributed by atoms with E-state index in [4.69, 9.17) is 4.74 Å². The number of hydrogen-bond acceptors (Lipinski definition) is 6. The Morgan fingerprint density at radius 3 is 2.68 bits per heavy atom. The summed E-state index contributed by atoms with van der Waals surface area (Å²) < 4.78 is 5.45. The van der Waals surface area contributed by atoms with Crippen LogP contribution >= 0.6 is 0 Å². The molecule has 0 unspecified atom stereocenters. The van der Waals surface area contributed by atoms with Gasteiger partial charge in [0.05, 0.1) is 18.9 Å². The first-order valence-electron chi connectivity index (χ1n) is 8.77. The van der Waals surface area contributed by atoms with Gasteiger partial charge in [-0.25, -0.2) is 0 Å². The van der Waals surface area contributed by atoms with Gasteiger partial charge in [-0.1, -0.05) is 37.3 Å². The predicted octanol–water partition coefficient (Wildman–Crippen LogP) is 3.17. The Labute approximate surface area is 148 Å². The third-order valence-electron chi connectivity index (χ3n) is 4.29. The normalized spacial score (nSPS) is 16.0. The summed E-state index contributed by atoms with van der Waals surface area (Å²) in [5, 5.41) is 13.1. The number of nitrogens with zero attached hydrogens (tertiary/aromatic N) is 4. The molecule has 2 aromatic rings. The van der Waals surface area contributed by atoms with Crippen LogP contribution in [0.25, 0.3) is 11.3 Å². The maximum Gasteiger partial charge on any atom is 0.169 e. The Morgan fingerprint density at radius 1 is 1.20 bits per heavy atom. The molecule has 132 valence electrons. The second-order valence-electron chi connectivity index (χ2n) is 6.17. The molecular weight excluding hydrogens is 314 g/mol. The van der Waals surface area contributed by atoms with E-state index in [0.29, 0.717) is 5.82 Å². The lowest BCUT2D eigenvalue weighted by Gasteiger charge is -2.27. The molecule has 0 amide bonds. The number of nitrogens with one attached hydrogen (secondary N) is 1. The molecule has 6 heteroatoms. The molecule has 1 saturated heterocycles. The second kappa shape index (κ2) is 8.69. The molecule has 1 aromatic heterocycles. The first-order chi connectivity index (χ1) is 12.3. The number of aromatic nitrogens is 2. The monoisotopic (exact) mass is 339 g/mol. The minimum Gasteiger partial charge on any atom is -0.379 e. The average molecular weight is 339 g/mol. The largest absolute Gasteiger partial charge is 0.379 e. The molecule has 1 fully saturated rings. The summed E-state index contributed by atoms with van der Waals surface area (Å²) in [7, 11) is 0. The SMILES string of the molecule is CC/C(C)=N/Nc1cc(CN2CCOCC2)c(-c2ccccc2)nn1. The Hall–Kier alpha value is -2.31. The zero-order valence-electron chi connectivity index (χ0n) is 14.9. The smallest absolute Gasteiger partial charge is 0.169 e. The van der Waals surface area contributed by atoms with Gasteiger partial charge in [0.25, 0.3) is 0 Å². The Kier molecular flexibility index (Phi) is 6.09. The highest BCUT2D eigenvalue weighted by molar-refractivity contribution is 5.82. The average Bonchev–Trinajstić information content (AvgIpc) is 2.67. The molecule has 0 aliphatic carbocycles. The summed E-state index contributed by atoms with van der Waals surface area (Å²) in [5.74, 6) is 0.677. The lowest BCUT2D eigenvalue weighted by atomic mass is 10.1. The molecule has 0 spiro atoms. The van der Waals surface area contributed by atoms with Crippen molar-refractivity contribution in [3.8, 4) is 11.3 Å². The van der Waals surface area contributed by atoms with Crippen LogP contribution in [0.5, 0.6) is 0 Å². The molecule has 1 aliphatic heterocycles. The van der Waals surface area contributed by atoms with Gasteiger partial charge >= 0.3 is 0 Å². The van der Waals surface area contributed by atoms with Gasteiger partial charge < -0.3 is 4.74 Å². The third-order valence-corrected chi connectivity index (χ3v) is 4.29. The molecule has 6 nitrogen and oxygen atoms in total. The molecule has 25 heavy (non-hydrogen) atoms. The molecule has 1 aromatic carbocycles. The van der Waals surface area contributed by atoms with E-state index in [9.17, 15) is 0 Å². The molecule has 1 N–H and O–H groups in total. The highest BCUT2D eigenvalue weighted by atomic mass is 16.5. The molecule has 2 heterocycles. The number of anilines is 1. The molecule has 0 radical (unpaired) electrons. The lowest BCUT2D eigenvalue weighted by Crippen LogP contribution is -2.35. The molecule has 0 saturated carbocycles. The van der Waals surface area contributed by atoms with E-state index in [1.54, 1.807) is 0 Å². The summed E-state index contributed by atoms with van der Waals surface area (Å²) in [6, 6.07) is 12.2. The van der Waals surface area contributed by atoms with Crippen molar-refractivity contribution in [1.82, 2.24) is 15.1 Å². The summed E-state index contributed by atoms with van der Waals surface area (Å²) in [5.41, 5.74) is 7.21. The fourth-order valence-corrected chi connectivity index (χ4v) is 2.68. The maximum atomic E-state index is 5.45. The summed E-state index contributed by atoms with van der Waals surface area (Å²) in [4.78, 5) is 2.39. The van der Waals surface area contributed by atoms with Crippen LogP contribution in [0.1, 0.15) is 25.8 Å². The van der Waals surface area contributed by atoms with Gasteiger partial charge in [-0.15, -0.1) is 10.2 Å². The number of hydrazone groups is 1. The van der Waals surface area contributed by atoms with Crippen LogP contribution in [0.4, 0.5) is 5.82 Å². The number of rotatable bonds is 6. The number of ether oxygens (including phenoxy) is 1. The van der Waals surface area contributed by atoms with E-state index in [1.807, 2.05) is 25.1 Å². The van der Waals surface area contributed by atoms with Crippen LogP contribution in [0.2, 0.25) is 0 Å². The van der Waals surface area contributed by atoms with E-state index in [2.05, 4.69) is 50.7 Å². The van der Waals surface area contributed by atoms with Gasteiger partial charge in [-0.3, -0.25) is 10.3 Å². The van der Waals surface area contributed by atoms with E-state index in [-0.39, 0.29) is 0 Å². The van der Waals surface area contributed by atoms with Crippen molar-refractivity contribution >= 4 is 11.5 Å². The topological polar surface area (TPSA) is 62.6 Å². The van der Waals surface area contributed by atoms with Crippen LogP contribution in [0, 0.1) is 0 Å². The molecule has 1 aliphatic rings. The van der Waals surface area contributed by atoms with E-state index < -0.39 is 0 Å². The fraction of sp³-hybridized carbons (Fsp3) is 0.421. The lowest BCUT2D eigenvalue weighted by molar-refractivity contribution is 0.0342. The van der Waals surface area contributed by atoms with Crippen molar-refractivity contribution in [1.29, 1.82) is 0 Å². The van der Waals surface area contributed by atoms with Crippen molar-refractivity contribution in [3.63, 3.8) is 0 Å². The van der Waals surface area contributed by atoms with Crippen LogP contribution in [-0.4, -0.2) is 47.1 Å². The van der Waals surface area contributed by atoms with E-state index in [0.717, 1.165) is 61.8 Å². The third kappa shape index (κ3) is 4.84. The highest BCUT2D eigenvalue weighted by Gasteiger charge is 2.16. The van der Waals surface area contributed by atoms with Crippen molar-refractivity contribution in [2.75, 3.05) is 31.7 Å². The van der Waals surface area contributed by atoms with Crippen molar-refractivity contribution < 1.29 is 4.74 Å². The van der Waals surface area contributed by atoms with Gasteiger partial charge in [0.2, 0.25) is 0 Å².